The van der Waals surface area contributed by atoms with Gasteiger partial charge in [-0.1, -0.05) is 33.1 Å². The average Bonchev–Trinajstić information content (AvgIpc) is 2.27. The Bertz CT molecular complexity index is 196. The van der Waals surface area contributed by atoms with E-state index in [1.165, 1.54) is 12.8 Å². The molecule has 0 radical (unpaired) electrons. The summed E-state index contributed by atoms with van der Waals surface area (Å²) in [6.07, 6.45) is 5.15. The van der Waals surface area contributed by atoms with E-state index < -0.39 is 7.82 Å². The first-order chi connectivity index (χ1) is 7.68. The Morgan fingerprint density at radius 2 is 1.50 bits per heavy atom. The van der Waals surface area contributed by atoms with Gasteiger partial charge in [-0.3, -0.25) is 13.6 Å². The van der Waals surface area contributed by atoms with Gasteiger partial charge >= 0.3 is 7.82 Å². The summed E-state index contributed by atoms with van der Waals surface area (Å²) in [5.41, 5.74) is 0. The molecule has 0 spiro atoms. The molecule has 0 amide bonds. The van der Waals surface area contributed by atoms with Gasteiger partial charge in [-0.05, 0) is 19.8 Å². The maximum Gasteiger partial charge on any atom is 0.474 e. The Hall–Kier alpha value is 0.110. The molecular formula is C11H25O4P. The minimum Gasteiger partial charge on any atom is -0.287 e. The Morgan fingerprint density at radius 1 is 0.812 bits per heavy atom. The van der Waals surface area contributed by atoms with Gasteiger partial charge in [0, 0.05) is 0 Å². The van der Waals surface area contributed by atoms with E-state index in [1.54, 1.807) is 6.92 Å². The number of phosphoric acid groups is 1. The van der Waals surface area contributed by atoms with E-state index in [0.717, 1.165) is 19.3 Å². The normalized spacial score (nSPS) is 14.9. The van der Waals surface area contributed by atoms with Crippen LogP contribution >= 0.6 is 7.82 Å². The molecule has 0 aromatic heterocycles. The molecule has 0 aliphatic rings. The highest BCUT2D eigenvalue weighted by atomic mass is 31.2. The summed E-state index contributed by atoms with van der Waals surface area (Å²) in [5.74, 6) is 0. The van der Waals surface area contributed by atoms with Gasteiger partial charge in [-0.15, -0.1) is 0 Å². The molecule has 0 aliphatic carbocycles. The zero-order valence-corrected chi connectivity index (χ0v) is 11.6. The van der Waals surface area contributed by atoms with E-state index in [9.17, 15) is 4.57 Å². The van der Waals surface area contributed by atoms with E-state index in [1.807, 2.05) is 6.92 Å². The highest BCUT2D eigenvalue weighted by molar-refractivity contribution is 7.48. The fourth-order valence-corrected chi connectivity index (χ4v) is 2.48. The van der Waals surface area contributed by atoms with Crippen LogP contribution in [0.2, 0.25) is 0 Å². The Balaban J connectivity index is 3.78. The molecule has 0 N–H and O–H groups in total. The predicted molar refractivity (Wildman–Crippen MR) is 65.6 cm³/mol. The van der Waals surface area contributed by atoms with E-state index in [0.29, 0.717) is 19.8 Å². The number of hydrogen-bond acceptors (Lipinski definition) is 4. The van der Waals surface area contributed by atoms with Crippen LogP contribution in [0.3, 0.4) is 0 Å². The first-order valence-corrected chi connectivity index (χ1v) is 7.68. The van der Waals surface area contributed by atoms with Crippen molar-refractivity contribution in [2.75, 3.05) is 19.8 Å². The van der Waals surface area contributed by atoms with Crippen LogP contribution in [0.25, 0.3) is 0 Å². The SMILES string of the molecule is CCCCCCOP(=O)(OCC)OCCC. The van der Waals surface area contributed by atoms with Gasteiger partial charge in [0.25, 0.3) is 0 Å². The van der Waals surface area contributed by atoms with Crippen molar-refractivity contribution in [1.29, 1.82) is 0 Å². The lowest BCUT2D eigenvalue weighted by molar-refractivity contribution is 0.116. The average molecular weight is 252 g/mol. The summed E-state index contributed by atoms with van der Waals surface area (Å²) in [7, 11) is -3.28. The molecule has 0 heterocycles. The van der Waals surface area contributed by atoms with Gasteiger partial charge in [-0.2, -0.15) is 0 Å². The van der Waals surface area contributed by atoms with Gasteiger partial charge in [0.2, 0.25) is 0 Å². The zero-order valence-electron chi connectivity index (χ0n) is 10.7. The summed E-state index contributed by atoms with van der Waals surface area (Å²) in [6, 6.07) is 0. The fraction of sp³-hybridized carbons (Fsp3) is 1.00. The summed E-state index contributed by atoms with van der Waals surface area (Å²) in [5, 5.41) is 0. The maximum absolute atomic E-state index is 11.9. The van der Waals surface area contributed by atoms with Crippen LogP contribution in [0.1, 0.15) is 52.9 Å². The molecule has 0 aliphatic heterocycles. The van der Waals surface area contributed by atoms with Crippen molar-refractivity contribution in [3.63, 3.8) is 0 Å². The van der Waals surface area contributed by atoms with Gasteiger partial charge in [0.05, 0.1) is 19.8 Å². The first kappa shape index (κ1) is 16.1. The summed E-state index contributed by atoms with van der Waals surface area (Å²) in [4.78, 5) is 0. The van der Waals surface area contributed by atoms with Gasteiger partial charge in [0.15, 0.2) is 0 Å². The Kier molecular flexibility index (Phi) is 10.3. The van der Waals surface area contributed by atoms with Gasteiger partial charge in [0.1, 0.15) is 0 Å². The Morgan fingerprint density at radius 3 is 2.06 bits per heavy atom. The molecule has 16 heavy (non-hydrogen) atoms. The van der Waals surface area contributed by atoms with Gasteiger partial charge in [-0.25, -0.2) is 4.57 Å². The fourth-order valence-electron chi connectivity index (χ4n) is 1.18. The molecule has 5 heteroatoms. The number of phosphoric ester groups is 1. The maximum atomic E-state index is 11.9. The van der Waals surface area contributed by atoms with Crippen molar-refractivity contribution in [3.8, 4) is 0 Å². The second-order valence-corrected chi connectivity index (χ2v) is 5.26. The monoisotopic (exact) mass is 252 g/mol. The number of unbranched alkanes of at least 4 members (excludes halogenated alkanes) is 3. The Labute approximate surface area is 99.3 Å². The largest absolute Gasteiger partial charge is 0.474 e. The molecule has 98 valence electrons. The third-order valence-corrected chi connectivity index (χ3v) is 3.56. The highest BCUT2D eigenvalue weighted by Crippen LogP contribution is 2.49. The summed E-state index contributed by atoms with van der Waals surface area (Å²) in [6.45, 7) is 7.08. The van der Waals surface area contributed by atoms with Crippen LogP contribution in [0.4, 0.5) is 0 Å². The van der Waals surface area contributed by atoms with E-state index in [-0.39, 0.29) is 0 Å². The van der Waals surface area contributed by atoms with Crippen molar-refractivity contribution in [2.24, 2.45) is 0 Å². The third-order valence-electron chi connectivity index (χ3n) is 1.99. The smallest absolute Gasteiger partial charge is 0.287 e. The molecule has 0 bridgehead atoms. The van der Waals surface area contributed by atoms with Crippen LogP contribution in [0.15, 0.2) is 0 Å². The van der Waals surface area contributed by atoms with Crippen molar-refractivity contribution in [2.45, 2.75) is 52.9 Å². The molecule has 0 rings (SSSR count). The molecule has 0 aromatic carbocycles. The molecule has 1 unspecified atom stereocenters. The minimum atomic E-state index is -3.28. The highest BCUT2D eigenvalue weighted by Gasteiger charge is 2.24. The van der Waals surface area contributed by atoms with Crippen molar-refractivity contribution in [3.05, 3.63) is 0 Å². The van der Waals surface area contributed by atoms with Crippen LogP contribution < -0.4 is 0 Å². The molecule has 1 atom stereocenters. The first-order valence-electron chi connectivity index (χ1n) is 6.22. The lowest BCUT2D eigenvalue weighted by Gasteiger charge is -2.16. The van der Waals surface area contributed by atoms with Crippen LogP contribution in [0, 0.1) is 0 Å². The molecular weight excluding hydrogens is 227 g/mol. The summed E-state index contributed by atoms with van der Waals surface area (Å²) < 4.78 is 27.4. The third kappa shape index (κ3) is 8.28. The summed E-state index contributed by atoms with van der Waals surface area (Å²) >= 11 is 0. The number of hydrogen-bond donors (Lipinski definition) is 0. The van der Waals surface area contributed by atoms with Crippen LogP contribution in [0.5, 0.6) is 0 Å². The van der Waals surface area contributed by atoms with E-state index in [2.05, 4.69) is 6.92 Å². The van der Waals surface area contributed by atoms with Crippen LogP contribution in [-0.2, 0) is 18.1 Å². The zero-order chi connectivity index (χ0) is 12.3. The lowest BCUT2D eigenvalue weighted by Crippen LogP contribution is -2.02. The second-order valence-electron chi connectivity index (χ2n) is 3.59. The van der Waals surface area contributed by atoms with Gasteiger partial charge < -0.3 is 0 Å². The van der Waals surface area contributed by atoms with Crippen molar-refractivity contribution < 1.29 is 18.1 Å². The molecule has 0 saturated heterocycles. The molecule has 4 nitrogen and oxygen atoms in total. The predicted octanol–water partition coefficient (Wildman–Crippen LogP) is 4.15. The minimum absolute atomic E-state index is 0.343. The number of rotatable bonds is 11. The van der Waals surface area contributed by atoms with Crippen molar-refractivity contribution in [1.82, 2.24) is 0 Å². The van der Waals surface area contributed by atoms with E-state index >= 15 is 0 Å². The van der Waals surface area contributed by atoms with Crippen LogP contribution in [-0.4, -0.2) is 19.8 Å². The van der Waals surface area contributed by atoms with Crippen molar-refractivity contribution >= 4 is 7.82 Å². The lowest BCUT2D eigenvalue weighted by atomic mass is 10.2. The topological polar surface area (TPSA) is 44.8 Å². The standard InChI is InChI=1S/C11H25O4P/c1-4-7-8-9-11-15-16(12,13-6-3)14-10-5-2/h4-11H2,1-3H3. The molecule has 0 aromatic rings. The quantitative estimate of drug-likeness (QED) is 0.409. The molecule has 0 fully saturated rings. The second kappa shape index (κ2) is 10.3. The molecule has 0 saturated carbocycles. The van der Waals surface area contributed by atoms with E-state index in [4.69, 9.17) is 13.6 Å².